The molecule has 0 spiro atoms. The van der Waals surface area contributed by atoms with Gasteiger partial charge in [0.05, 0.1) is 6.04 Å². The van der Waals surface area contributed by atoms with Gasteiger partial charge >= 0.3 is 0 Å². The van der Waals surface area contributed by atoms with Crippen molar-refractivity contribution >= 4 is 23.4 Å². The topological polar surface area (TPSA) is 21.3 Å². The molecule has 2 atom stereocenters. The van der Waals surface area contributed by atoms with Crippen LogP contribution in [-0.2, 0) is 0 Å². The van der Waals surface area contributed by atoms with Crippen LogP contribution in [0.5, 0.6) is 5.75 Å². The molecule has 2 aromatic rings. The fourth-order valence-electron chi connectivity index (χ4n) is 2.50. The van der Waals surface area contributed by atoms with Gasteiger partial charge < -0.3 is 10.1 Å². The summed E-state index contributed by atoms with van der Waals surface area (Å²) in [4.78, 5) is 1.13. The maximum atomic E-state index is 14.2. The first-order chi connectivity index (χ1) is 10.2. The van der Waals surface area contributed by atoms with Gasteiger partial charge in [-0.05, 0) is 31.3 Å². The smallest absolute Gasteiger partial charge is 0.133 e. The molecule has 0 radical (unpaired) electrons. The quantitative estimate of drug-likeness (QED) is 0.910. The van der Waals surface area contributed by atoms with E-state index in [4.69, 9.17) is 16.3 Å². The molecule has 2 nitrogen and oxygen atoms in total. The predicted molar refractivity (Wildman–Crippen MR) is 84.8 cm³/mol. The van der Waals surface area contributed by atoms with Crippen LogP contribution in [0.1, 0.15) is 11.6 Å². The van der Waals surface area contributed by atoms with E-state index in [1.54, 1.807) is 23.9 Å². The monoisotopic (exact) mass is 323 g/mol. The highest BCUT2D eigenvalue weighted by molar-refractivity contribution is 7.99. The van der Waals surface area contributed by atoms with E-state index in [9.17, 15) is 4.39 Å². The lowest BCUT2D eigenvalue weighted by Crippen LogP contribution is -2.37. The highest BCUT2D eigenvalue weighted by Gasteiger charge is 2.30. The molecular formula is C16H15ClFNOS. The lowest BCUT2D eigenvalue weighted by Gasteiger charge is -2.32. The van der Waals surface area contributed by atoms with Crippen molar-refractivity contribution < 1.29 is 9.13 Å². The summed E-state index contributed by atoms with van der Waals surface area (Å²) in [6.07, 6.45) is -0.134. The van der Waals surface area contributed by atoms with Gasteiger partial charge in [-0.3, -0.25) is 0 Å². The molecule has 5 heteroatoms. The lowest BCUT2D eigenvalue weighted by molar-refractivity contribution is 0.169. The molecule has 1 N–H and O–H groups in total. The molecule has 3 rings (SSSR count). The summed E-state index contributed by atoms with van der Waals surface area (Å²) >= 11 is 7.55. The van der Waals surface area contributed by atoms with Crippen LogP contribution in [0.15, 0.2) is 47.4 Å². The Morgan fingerprint density at radius 2 is 2.14 bits per heavy atom. The van der Waals surface area contributed by atoms with Crippen molar-refractivity contribution in [2.24, 2.45) is 0 Å². The van der Waals surface area contributed by atoms with E-state index in [0.717, 1.165) is 16.4 Å². The third-order valence-corrected chi connectivity index (χ3v) is 4.89. The summed E-state index contributed by atoms with van der Waals surface area (Å²) in [7, 11) is 1.81. The molecule has 110 valence electrons. The number of ether oxygens (including phenoxy) is 1. The van der Waals surface area contributed by atoms with Gasteiger partial charge in [-0.2, -0.15) is 0 Å². The SMILES string of the molecule is CNC(c1ccc(Cl)cc1F)C1CSc2ccccc2O1. The second kappa shape index (κ2) is 6.26. The van der Waals surface area contributed by atoms with E-state index in [2.05, 4.69) is 5.32 Å². The Morgan fingerprint density at radius 1 is 1.33 bits per heavy atom. The van der Waals surface area contributed by atoms with Crippen LogP contribution in [0.4, 0.5) is 4.39 Å². The van der Waals surface area contributed by atoms with Gasteiger partial charge in [0, 0.05) is 21.2 Å². The first-order valence-corrected chi connectivity index (χ1v) is 8.06. The molecule has 2 unspecified atom stereocenters. The molecule has 2 aromatic carbocycles. The van der Waals surface area contributed by atoms with Gasteiger partial charge in [-0.1, -0.05) is 29.8 Å². The molecule has 0 saturated carbocycles. The van der Waals surface area contributed by atoms with Crippen molar-refractivity contribution in [3.8, 4) is 5.75 Å². The third-order valence-electron chi connectivity index (χ3n) is 3.51. The fourth-order valence-corrected chi connectivity index (χ4v) is 3.69. The Morgan fingerprint density at radius 3 is 2.90 bits per heavy atom. The number of rotatable bonds is 3. The van der Waals surface area contributed by atoms with Gasteiger partial charge in [0.25, 0.3) is 0 Å². The standard InChI is InChI=1S/C16H15ClFNOS/c1-19-16(11-7-6-10(17)8-12(11)18)14-9-21-15-5-3-2-4-13(15)20-14/h2-8,14,16,19H,9H2,1H3. The zero-order chi connectivity index (χ0) is 14.8. The highest BCUT2D eigenvalue weighted by atomic mass is 35.5. The second-order valence-electron chi connectivity index (χ2n) is 4.85. The van der Waals surface area contributed by atoms with Gasteiger partial charge in [0.1, 0.15) is 17.7 Å². The van der Waals surface area contributed by atoms with E-state index in [1.807, 2.05) is 31.3 Å². The van der Waals surface area contributed by atoms with Crippen LogP contribution in [0, 0.1) is 5.82 Å². The summed E-state index contributed by atoms with van der Waals surface area (Å²) in [6.45, 7) is 0. The minimum absolute atomic E-state index is 0.134. The predicted octanol–water partition coefficient (Wildman–Crippen LogP) is 4.29. The van der Waals surface area contributed by atoms with Crippen LogP contribution in [0.3, 0.4) is 0 Å². The van der Waals surface area contributed by atoms with Crippen LogP contribution in [0.2, 0.25) is 5.02 Å². The number of hydrogen-bond acceptors (Lipinski definition) is 3. The molecule has 1 aliphatic heterocycles. The molecule has 0 fully saturated rings. The Labute approximate surface area is 132 Å². The minimum atomic E-state index is -0.311. The molecular weight excluding hydrogens is 309 g/mol. The number of likely N-dealkylation sites (N-methyl/N-ethyl adjacent to an activating group) is 1. The normalized spacial score (nSPS) is 18.7. The minimum Gasteiger partial charge on any atom is -0.486 e. The van der Waals surface area contributed by atoms with Crippen molar-refractivity contribution in [2.45, 2.75) is 17.0 Å². The number of halogens is 2. The highest BCUT2D eigenvalue weighted by Crippen LogP contribution is 2.38. The first kappa shape index (κ1) is 14.7. The molecule has 0 aliphatic carbocycles. The molecule has 0 bridgehead atoms. The Balaban J connectivity index is 1.88. The van der Waals surface area contributed by atoms with Gasteiger partial charge in [0.2, 0.25) is 0 Å². The van der Waals surface area contributed by atoms with Crippen molar-refractivity contribution in [1.29, 1.82) is 0 Å². The van der Waals surface area contributed by atoms with Gasteiger partial charge in [-0.25, -0.2) is 4.39 Å². The van der Waals surface area contributed by atoms with Crippen molar-refractivity contribution in [1.82, 2.24) is 5.32 Å². The first-order valence-electron chi connectivity index (χ1n) is 6.69. The van der Waals surface area contributed by atoms with Crippen LogP contribution in [-0.4, -0.2) is 18.9 Å². The third kappa shape index (κ3) is 3.03. The molecule has 0 saturated heterocycles. The lowest BCUT2D eigenvalue weighted by atomic mass is 10.0. The number of hydrogen-bond donors (Lipinski definition) is 1. The molecule has 1 heterocycles. The van der Waals surface area contributed by atoms with E-state index >= 15 is 0 Å². The van der Waals surface area contributed by atoms with Crippen LogP contribution < -0.4 is 10.1 Å². The van der Waals surface area contributed by atoms with E-state index in [-0.39, 0.29) is 18.0 Å². The number of thioether (sulfide) groups is 1. The van der Waals surface area contributed by atoms with E-state index < -0.39 is 0 Å². The number of fused-ring (bicyclic) bond motifs is 1. The van der Waals surface area contributed by atoms with Crippen molar-refractivity contribution in [2.75, 3.05) is 12.8 Å². The molecule has 1 aliphatic rings. The second-order valence-corrected chi connectivity index (χ2v) is 6.34. The zero-order valence-electron chi connectivity index (χ0n) is 11.5. The van der Waals surface area contributed by atoms with E-state index in [1.165, 1.54) is 6.07 Å². The van der Waals surface area contributed by atoms with Crippen molar-refractivity contribution in [3.05, 3.63) is 58.9 Å². The fraction of sp³-hybridized carbons (Fsp3) is 0.250. The molecule has 21 heavy (non-hydrogen) atoms. The average Bonchev–Trinajstić information content (AvgIpc) is 2.50. The number of benzene rings is 2. The zero-order valence-corrected chi connectivity index (χ0v) is 13.0. The van der Waals surface area contributed by atoms with E-state index in [0.29, 0.717) is 10.6 Å². The maximum absolute atomic E-state index is 14.2. The van der Waals surface area contributed by atoms with Crippen LogP contribution >= 0.6 is 23.4 Å². The van der Waals surface area contributed by atoms with Crippen LogP contribution in [0.25, 0.3) is 0 Å². The summed E-state index contributed by atoms with van der Waals surface area (Å²) in [5.41, 5.74) is 0.576. The Bertz CT molecular complexity index is 652. The number of para-hydroxylation sites is 1. The number of nitrogens with one attached hydrogen (secondary N) is 1. The summed E-state index contributed by atoms with van der Waals surface area (Å²) in [6, 6.07) is 12.4. The van der Waals surface area contributed by atoms with Gasteiger partial charge in [0.15, 0.2) is 0 Å². The maximum Gasteiger partial charge on any atom is 0.133 e. The largest absolute Gasteiger partial charge is 0.486 e. The Hall–Kier alpha value is -1.23. The average molecular weight is 324 g/mol. The van der Waals surface area contributed by atoms with Crippen molar-refractivity contribution in [3.63, 3.8) is 0 Å². The van der Waals surface area contributed by atoms with Gasteiger partial charge in [-0.15, -0.1) is 11.8 Å². The summed E-state index contributed by atoms with van der Waals surface area (Å²) < 4.78 is 20.2. The molecule has 0 amide bonds. The molecule has 0 aromatic heterocycles. The summed E-state index contributed by atoms with van der Waals surface area (Å²) in [5, 5.41) is 3.56. The summed E-state index contributed by atoms with van der Waals surface area (Å²) in [5.74, 6) is 1.31. The Kier molecular flexibility index (Phi) is 4.38.